The van der Waals surface area contributed by atoms with Gasteiger partial charge in [0.1, 0.15) is 12.7 Å². The molecule has 8 nitrogen and oxygen atoms in total. The predicted molar refractivity (Wildman–Crippen MR) is 111 cm³/mol. The Morgan fingerprint density at radius 2 is 1.53 bits per heavy atom. The Morgan fingerprint density at radius 3 is 2.19 bits per heavy atom. The standard InChI is InChI=1S/C21H41O8P.2Na/c1-2-3-4-5-8-11-14-19(22)15-12-9-6-7-10-13-16-21(24)28-17-20(23)18-29-30(25,26)27;;/h12,15,19-20,22-23H,2-11,13-14,16-18H2,1H3,(H2,25,26,27);;/q;2*+1/p-2/b15-12+;;/t19?,20-;;/m0../s1. The van der Waals surface area contributed by atoms with Crippen molar-refractivity contribution in [2.75, 3.05) is 13.2 Å². The van der Waals surface area contributed by atoms with Crippen LogP contribution in [-0.2, 0) is 18.6 Å². The molecule has 0 aromatic rings. The average molecular weight is 496 g/mol. The molecule has 0 aliphatic rings. The normalized spacial score (nSPS) is 13.3. The number of phosphoric ester groups is 1. The van der Waals surface area contributed by atoms with E-state index in [1.807, 2.05) is 12.2 Å². The zero-order chi connectivity index (χ0) is 22.7. The van der Waals surface area contributed by atoms with E-state index in [1.54, 1.807) is 0 Å². The van der Waals surface area contributed by atoms with E-state index in [-0.39, 0.29) is 71.6 Å². The van der Waals surface area contributed by atoms with Gasteiger partial charge in [0.05, 0.1) is 20.5 Å². The van der Waals surface area contributed by atoms with Crippen molar-refractivity contribution in [3.63, 3.8) is 0 Å². The Hall–Kier alpha value is 1.24. The molecule has 0 aromatic heterocycles. The Balaban J connectivity index is -0.00000420. The van der Waals surface area contributed by atoms with Gasteiger partial charge in [-0.1, -0.05) is 70.4 Å². The second kappa shape index (κ2) is 25.3. The van der Waals surface area contributed by atoms with Crippen LogP contribution in [0, 0.1) is 0 Å². The minimum atomic E-state index is -5.14. The van der Waals surface area contributed by atoms with Gasteiger partial charge in [0.15, 0.2) is 0 Å². The van der Waals surface area contributed by atoms with Crippen LogP contribution >= 0.6 is 7.82 Å². The largest absolute Gasteiger partial charge is 1.00 e. The van der Waals surface area contributed by atoms with Crippen molar-refractivity contribution in [1.29, 1.82) is 0 Å². The van der Waals surface area contributed by atoms with Gasteiger partial charge in [-0.3, -0.25) is 4.79 Å². The van der Waals surface area contributed by atoms with E-state index in [2.05, 4.69) is 11.4 Å². The van der Waals surface area contributed by atoms with Gasteiger partial charge in [0, 0.05) is 6.42 Å². The molecule has 1 unspecified atom stereocenters. The zero-order valence-corrected chi connectivity index (χ0v) is 25.1. The van der Waals surface area contributed by atoms with E-state index < -0.39 is 33.1 Å². The summed E-state index contributed by atoms with van der Waals surface area (Å²) in [5, 5.41) is 19.3. The summed E-state index contributed by atoms with van der Waals surface area (Å²) in [6.45, 7) is 1.07. The summed E-state index contributed by atoms with van der Waals surface area (Å²) < 4.78 is 19.0. The maximum absolute atomic E-state index is 11.5. The zero-order valence-electron chi connectivity index (χ0n) is 20.2. The van der Waals surface area contributed by atoms with Crippen LogP contribution in [0.15, 0.2) is 12.2 Å². The van der Waals surface area contributed by atoms with Gasteiger partial charge in [-0.05, 0) is 25.7 Å². The van der Waals surface area contributed by atoms with E-state index >= 15 is 0 Å². The quantitative estimate of drug-likeness (QED) is 0.0589. The fourth-order valence-electron chi connectivity index (χ4n) is 2.86. The first-order valence-electron chi connectivity index (χ1n) is 11.1. The number of aliphatic hydroxyl groups is 2. The van der Waals surface area contributed by atoms with Crippen LogP contribution in [0.4, 0.5) is 0 Å². The van der Waals surface area contributed by atoms with Crippen molar-refractivity contribution in [1.82, 2.24) is 0 Å². The van der Waals surface area contributed by atoms with Crippen molar-refractivity contribution >= 4 is 13.8 Å². The molecule has 0 aromatic carbocycles. The number of aliphatic hydroxyl groups excluding tert-OH is 2. The number of carbonyl (C=O) groups is 1. The molecule has 0 radical (unpaired) electrons. The van der Waals surface area contributed by atoms with Crippen LogP contribution in [0.5, 0.6) is 0 Å². The minimum absolute atomic E-state index is 0. The molecule has 11 heteroatoms. The molecule has 0 saturated carbocycles. The van der Waals surface area contributed by atoms with Crippen molar-refractivity contribution in [2.45, 2.75) is 103 Å². The number of hydrogen-bond donors (Lipinski definition) is 2. The van der Waals surface area contributed by atoms with E-state index in [4.69, 9.17) is 4.74 Å². The SMILES string of the molecule is CCCCCCCCC(O)/C=C/CCCCCCC(=O)OC[C@H](O)COP(=O)([O-])[O-].[Na+].[Na+]. The number of carbonyl (C=O) groups excluding carboxylic acids is 1. The van der Waals surface area contributed by atoms with E-state index in [1.165, 1.54) is 32.1 Å². The molecule has 32 heavy (non-hydrogen) atoms. The van der Waals surface area contributed by atoms with Crippen molar-refractivity contribution < 1.29 is 97.7 Å². The first-order chi connectivity index (χ1) is 14.2. The molecular weight excluding hydrogens is 457 g/mol. The monoisotopic (exact) mass is 496 g/mol. The third-order valence-electron chi connectivity index (χ3n) is 4.58. The molecule has 0 amide bonds. The fourth-order valence-corrected chi connectivity index (χ4v) is 3.21. The second-order valence-electron chi connectivity index (χ2n) is 7.58. The van der Waals surface area contributed by atoms with Gasteiger partial charge in [-0.25, -0.2) is 0 Å². The Bertz CT molecular complexity index is 502. The van der Waals surface area contributed by atoms with Gasteiger partial charge in [-0.2, -0.15) is 0 Å². The maximum Gasteiger partial charge on any atom is 1.00 e. The topological polar surface area (TPSA) is 139 Å². The van der Waals surface area contributed by atoms with E-state index in [9.17, 15) is 29.4 Å². The number of phosphoric acid groups is 1. The molecule has 0 fully saturated rings. The first kappa shape index (κ1) is 37.8. The average Bonchev–Trinajstić information content (AvgIpc) is 2.68. The first-order valence-corrected chi connectivity index (χ1v) is 12.6. The molecule has 178 valence electrons. The fraction of sp³-hybridized carbons (Fsp3) is 0.857. The summed E-state index contributed by atoms with van der Waals surface area (Å²) in [5.41, 5.74) is 0. The van der Waals surface area contributed by atoms with Crippen molar-refractivity contribution in [3.8, 4) is 0 Å². The van der Waals surface area contributed by atoms with Crippen molar-refractivity contribution in [3.05, 3.63) is 12.2 Å². The van der Waals surface area contributed by atoms with Crippen LogP contribution in [0.25, 0.3) is 0 Å². The molecule has 0 heterocycles. The van der Waals surface area contributed by atoms with Gasteiger partial charge in [0.25, 0.3) is 0 Å². The predicted octanol–water partition coefficient (Wildman–Crippen LogP) is -3.25. The van der Waals surface area contributed by atoms with Gasteiger partial charge >= 0.3 is 65.1 Å². The molecule has 0 aliphatic heterocycles. The minimum Gasteiger partial charge on any atom is -0.790 e. The Morgan fingerprint density at radius 1 is 0.938 bits per heavy atom. The molecule has 0 saturated heterocycles. The third-order valence-corrected chi connectivity index (χ3v) is 5.04. The second-order valence-corrected chi connectivity index (χ2v) is 8.74. The molecule has 0 aliphatic carbocycles. The summed E-state index contributed by atoms with van der Waals surface area (Å²) in [6, 6.07) is 0. The number of ether oxygens (including phenoxy) is 1. The summed E-state index contributed by atoms with van der Waals surface area (Å²) in [7, 11) is -5.14. The third kappa shape index (κ3) is 29.3. The van der Waals surface area contributed by atoms with E-state index in [0.29, 0.717) is 6.42 Å². The summed E-state index contributed by atoms with van der Waals surface area (Å²) in [5.74, 6) is -0.487. The van der Waals surface area contributed by atoms with Gasteiger partial charge in [-0.15, -0.1) is 0 Å². The van der Waals surface area contributed by atoms with Gasteiger partial charge in [0.2, 0.25) is 0 Å². The van der Waals surface area contributed by atoms with Crippen molar-refractivity contribution in [2.24, 2.45) is 0 Å². The maximum atomic E-state index is 11.5. The number of allylic oxidation sites excluding steroid dienone is 1. The molecule has 0 spiro atoms. The summed E-state index contributed by atoms with van der Waals surface area (Å²) in [6.07, 6.45) is 14.9. The molecule has 0 rings (SSSR count). The van der Waals surface area contributed by atoms with Crippen LogP contribution in [0.2, 0.25) is 0 Å². The number of hydrogen-bond acceptors (Lipinski definition) is 8. The summed E-state index contributed by atoms with van der Waals surface area (Å²) >= 11 is 0. The Labute approximate surface area is 237 Å². The van der Waals surface area contributed by atoms with Crippen LogP contribution in [-0.4, -0.2) is 41.6 Å². The molecule has 2 atom stereocenters. The van der Waals surface area contributed by atoms with Gasteiger partial charge < -0.3 is 33.8 Å². The molecular formula is C21H39Na2O8P. The Kier molecular flexibility index (Phi) is 29.9. The number of rotatable bonds is 20. The van der Waals surface area contributed by atoms with Crippen LogP contribution in [0.3, 0.4) is 0 Å². The molecule has 0 bridgehead atoms. The van der Waals surface area contributed by atoms with Crippen LogP contribution < -0.4 is 68.9 Å². The number of unbranched alkanes of at least 4 members (excludes halogenated alkanes) is 9. The number of esters is 1. The van der Waals surface area contributed by atoms with Crippen LogP contribution in [0.1, 0.15) is 90.4 Å². The smallest absolute Gasteiger partial charge is 0.790 e. The van der Waals surface area contributed by atoms with E-state index in [0.717, 1.165) is 38.5 Å². The molecule has 2 N–H and O–H groups in total. The summed E-state index contributed by atoms with van der Waals surface area (Å²) in [4.78, 5) is 32.1.